The first-order valence-electron chi connectivity index (χ1n) is 10.4. The summed E-state index contributed by atoms with van der Waals surface area (Å²) >= 11 is 4.49. The lowest BCUT2D eigenvalue weighted by Gasteiger charge is -2.24. The molecule has 5 rings (SSSR count). The fourth-order valence-electron chi connectivity index (χ4n) is 4.17. The predicted molar refractivity (Wildman–Crippen MR) is 129 cm³/mol. The van der Waals surface area contributed by atoms with E-state index in [0.717, 1.165) is 15.8 Å². The second kappa shape index (κ2) is 8.44. The predicted octanol–water partition coefficient (Wildman–Crippen LogP) is 3.02. The number of aromatic nitrogens is 1. The Bertz CT molecular complexity index is 1590. The van der Waals surface area contributed by atoms with E-state index in [1.54, 1.807) is 32.0 Å². The molecule has 2 aliphatic rings. The van der Waals surface area contributed by atoms with Gasteiger partial charge in [0.25, 0.3) is 11.5 Å². The van der Waals surface area contributed by atoms with Gasteiger partial charge in [0.05, 0.1) is 29.5 Å². The van der Waals surface area contributed by atoms with Gasteiger partial charge in [-0.25, -0.2) is 14.2 Å². The van der Waals surface area contributed by atoms with E-state index in [1.165, 1.54) is 28.8 Å². The molecule has 3 heterocycles. The van der Waals surface area contributed by atoms with E-state index in [4.69, 9.17) is 4.74 Å². The molecule has 0 saturated heterocycles. The summed E-state index contributed by atoms with van der Waals surface area (Å²) in [5.41, 5.74) is 2.09. The number of halogens is 2. The van der Waals surface area contributed by atoms with Gasteiger partial charge in [-0.15, -0.1) is 0 Å². The molecule has 10 heteroatoms. The summed E-state index contributed by atoms with van der Waals surface area (Å²) in [4.78, 5) is 44.4. The molecular weight excluding hydrogens is 525 g/mol. The average Bonchev–Trinajstić information content (AvgIpc) is 3.28. The maximum atomic E-state index is 13.8. The summed E-state index contributed by atoms with van der Waals surface area (Å²) in [5.74, 6) is -1.44. The maximum absolute atomic E-state index is 13.8. The molecule has 172 valence electrons. The van der Waals surface area contributed by atoms with Gasteiger partial charge in [0, 0.05) is 15.7 Å². The van der Waals surface area contributed by atoms with E-state index in [2.05, 4.69) is 26.2 Å². The van der Waals surface area contributed by atoms with Crippen molar-refractivity contribution in [1.82, 2.24) is 4.57 Å². The van der Waals surface area contributed by atoms with Gasteiger partial charge in [-0.2, -0.15) is 0 Å². The summed E-state index contributed by atoms with van der Waals surface area (Å²) in [6.07, 6.45) is 0. The molecule has 0 aliphatic carbocycles. The van der Waals surface area contributed by atoms with Crippen molar-refractivity contribution in [3.63, 3.8) is 0 Å². The molecule has 0 unspecified atom stereocenters. The molecule has 0 radical (unpaired) electrons. The van der Waals surface area contributed by atoms with Crippen LogP contribution in [0.2, 0.25) is 0 Å². The van der Waals surface area contributed by atoms with Crippen LogP contribution >= 0.6 is 27.3 Å². The van der Waals surface area contributed by atoms with Crippen LogP contribution in [0.25, 0.3) is 5.57 Å². The van der Waals surface area contributed by atoms with Gasteiger partial charge in [-0.1, -0.05) is 39.4 Å². The molecule has 7 nitrogen and oxygen atoms in total. The first-order valence-corrected chi connectivity index (χ1v) is 12.0. The highest BCUT2D eigenvalue weighted by molar-refractivity contribution is 9.10. The lowest BCUT2D eigenvalue weighted by molar-refractivity contribution is -0.139. The van der Waals surface area contributed by atoms with Crippen LogP contribution < -0.4 is 20.2 Å². The second-order valence-electron chi connectivity index (χ2n) is 7.69. The highest BCUT2D eigenvalue weighted by Gasteiger charge is 2.35. The largest absolute Gasteiger partial charge is 0.463 e. The Kier molecular flexibility index (Phi) is 5.57. The van der Waals surface area contributed by atoms with E-state index >= 15 is 0 Å². The van der Waals surface area contributed by atoms with Crippen molar-refractivity contribution in [1.29, 1.82) is 0 Å². The Labute approximate surface area is 205 Å². The molecule has 2 aliphatic heterocycles. The number of thiazole rings is 1. The third-order valence-electron chi connectivity index (χ3n) is 5.63. The molecule has 34 heavy (non-hydrogen) atoms. The first-order chi connectivity index (χ1) is 16.3. The van der Waals surface area contributed by atoms with Gasteiger partial charge in [-0.05, 0) is 49.7 Å². The molecule has 0 bridgehead atoms. The van der Waals surface area contributed by atoms with Crippen molar-refractivity contribution in [3.05, 3.63) is 94.8 Å². The quantitative estimate of drug-likeness (QED) is 0.516. The summed E-state index contributed by atoms with van der Waals surface area (Å²) in [5, 5.41) is 2.79. The smallest absolute Gasteiger partial charge is 0.338 e. The molecule has 3 aromatic rings. The van der Waals surface area contributed by atoms with Gasteiger partial charge in [0.1, 0.15) is 10.3 Å². The summed E-state index contributed by atoms with van der Waals surface area (Å²) < 4.78 is 21.3. The fraction of sp³-hybridized carbons (Fsp3) is 0.167. The van der Waals surface area contributed by atoms with E-state index in [1.807, 2.05) is 0 Å². The van der Waals surface area contributed by atoms with E-state index < -0.39 is 29.3 Å². The molecule has 1 N–H and O–H groups in total. The van der Waals surface area contributed by atoms with Crippen molar-refractivity contribution >= 4 is 50.4 Å². The van der Waals surface area contributed by atoms with Crippen LogP contribution in [0.1, 0.15) is 31.0 Å². The van der Waals surface area contributed by atoms with E-state index in [0.29, 0.717) is 27.3 Å². The number of carbonyl (C=O) groups excluding carboxylic acids is 2. The molecule has 1 aromatic heterocycles. The minimum absolute atomic E-state index is 0.145. The van der Waals surface area contributed by atoms with Crippen molar-refractivity contribution < 1.29 is 18.7 Å². The zero-order valence-corrected chi connectivity index (χ0v) is 20.4. The number of hydrogen-bond donors (Lipinski definition) is 1. The Hall–Kier alpha value is -3.37. The average molecular weight is 542 g/mol. The third-order valence-corrected chi connectivity index (χ3v) is 7.18. The third kappa shape index (κ3) is 3.54. The van der Waals surface area contributed by atoms with Crippen molar-refractivity contribution in [2.24, 2.45) is 4.99 Å². The number of nitrogens with one attached hydrogen (secondary N) is 1. The number of nitrogens with zero attached hydrogens (tertiary/aromatic N) is 2. The topological polar surface area (TPSA) is 89.8 Å². The van der Waals surface area contributed by atoms with E-state index in [9.17, 15) is 18.8 Å². The highest BCUT2D eigenvalue weighted by atomic mass is 79.9. The zero-order chi connectivity index (χ0) is 24.1. The number of anilines is 1. The Morgan fingerprint density at radius 2 is 1.97 bits per heavy atom. The van der Waals surface area contributed by atoms with Crippen molar-refractivity contribution in [3.8, 4) is 0 Å². The van der Waals surface area contributed by atoms with Crippen molar-refractivity contribution in [2.75, 3.05) is 11.9 Å². The van der Waals surface area contributed by atoms with Gasteiger partial charge >= 0.3 is 5.97 Å². The van der Waals surface area contributed by atoms with Gasteiger partial charge in [0.2, 0.25) is 0 Å². The minimum Gasteiger partial charge on any atom is -0.463 e. The van der Waals surface area contributed by atoms with Crippen LogP contribution in [0.4, 0.5) is 10.1 Å². The number of esters is 1. The Balaban J connectivity index is 1.82. The second-order valence-corrected chi connectivity index (χ2v) is 9.59. The van der Waals surface area contributed by atoms with E-state index in [-0.39, 0.29) is 22.3 Å². The standard InChI is InChI=1S/C24H17BrFN3O4S/c1-3-33-23(32)17-11(2)27-24-29(19(17)12-4-7-14(26)8-5-12)22(31)20(34-24)18-15-10-13(25)6-9-16(15)28-21(18)30/h4-10,19H,3H2,1-2H3,(H,28,30)/b20-18-/t19-/m0/s1. The lowest BCUT2D eigenvalue weighted by Crippen LogP contribution is -2.40. The van der Waals surface area contributed by atoms with Crippen LogP contribution in [0.5, 0.6) is 0 Å². The number of rotatable bonds is 3. The number of amides is 1. The van der Waals surface area contributed by atoms with Crippen LogP contribution in [0.3, 0.4) is 0 Å². The molecule has 0 spiro atoms. The summed E-state index contributed by atoms with van der Waals surface area (Å²) in [6, 6.07) is 10.0. The first kappa shape index (κ1) is 22.4. The van der Waals surface area contributed by atoms with Crippen LogP contribution in [-0.2, 0) is 14.3 Å². The monoisotopic (exact) mass is 541 g/mol. The lowest BCUT2D eigenvalue weighted by atomic mass is 9.96. The number of benzene rings is 2. The molecule has 1 amide bonds. The summed E-state index contributed by atoms with van der Waals surface area (Å²) in [6.45, 7) is 3.50. The Morgan fingerprint density at radius 3 is 2.68 bits per heavy atom. The normalized spacial score (nSPS) is 18.2. The summed E-state index contributed by atoms with van der Waals surface area (Å²) in [7, 11) is 0. The number of fused-ring (bicyclic) bond motifs is 2. The zero-order valence-electron chi connectivity index (χ0n) is 18.0. The van der Waals surface area contributed by atoms with Gasteiger partial charge in [-0.3, -0.25) is 14.2 Å². The van der Waals surface area contributed by atoms with Crippen LogP contribution in [0, 0.1) is 5.82 Å². The van der Waals surface area contributed by atoms with Gasteiger partial charge in [0.15, 0.2) is 4.80 Å². The van der Waals surface area contributed by atoms with Gasteiger partial charge < -0.3 is 10.1 Å². The molecule has 1 atom stereocenters. The minimum atomic E-state index is -0.878. The SMILES string of the molecule is CCOC(=O)C1=C(C)N=c2s/c(=C3\C(=O)Nc4ccc(Br)cc43)c(=O)n2[C@H]1c1ccc(F)cc1. The number of allylic oxidation sites excluding steroid dienone is 1. The molecule has 0 saturated carbocycles. The molecule has 2 aromatic carbocycles. The highest BCUT2D eigenvalue weighted by Crippen LogP contribution is 2.33. The number of carbonyl (C=O) groups is 2. The number of hydrogen-bond acceptors (Lipinski definition) is 6. The fourth-order valence-corrected chi connectivity index (χ4v) is 5.67. The van der Waals surface area contributed by atoms with Crippen LogP contribution in [-0.4, -0.2) is 23.1 Å². The molecule has 0 fully saturated rings. The number of ether oxygens (including phenoxy) is 1. The van der Waals surface area contributed by atoms with Crippen molar-refractivity contribution in [2.45, 2.75) is 19.9 Å². The maximum Gasteiger partial charge on any atom is 0.338 e. The Morgan fingerprint density at radius 1 is 1.24 bits per heavy atom. The van der Waals surface area contributed by atoms with Crippen LogP contribution in [0.15, 0.2) is 68.0 Å². The molecular formula is C24H17BrFN3O4S.